The molecule has 8 N–H and O–H groups in total. The first kappa shape index (κ1) is 87.0. The topological polar surface area (TPSA) is 247 Å². The number of H-pyrrole nitrogens is 8. The standard InChI is InChI=1S/C122H80N16.C9H6O.H2/c1-5-71-9-17-75(18-10-71)111-123-95-49-33-83(57-103(95)131-111)87-37-53-99-107(61-87)135-115(127-99)79-25-41-91(42-26-79)119-65-120(92-43-27-80(28-44-92)116-128-100-54-38-88(62-108(100)136-116)84-34-50-96-104(58-84)132-112(124-96)76-19-11-72(6-2)12-20-76)68-121(66-119,93-45-29-81(30-46-93)117-129-101-55-39-89(63-109(101)137-117)85-35-51-97-105(59-85)133-113(125-97)77-21-13-73(7-3)14-22-77)70-122(67-119,69-120)94-47-31-82(32-48-94)118-130-102-56-40-90(64-110(102)138-118)86-36-52-98-106(60-86)134-114(126-98)78-23-15-74(8-4)16-24-78;1-2-8-3-5-9(7-10)6-4-8;/h1-4,9-64H,65-70H2,(H,123,131)(H,124,132)(H,125,133)(H,126,134)(H,127,135)(H,128,136)(H,129,137)(H,130,138);1,3-7H;1H/i;;1+1. The summed E-state index contributed by atoms with van der Waals surface area (Å²) in [6.07, 6.45) is 34.4. The zero-order valence-electron chi connectivity index (χ0n) is 79.8. The summed E-state index contributed by atoms with van der Waals surface area (Å²) >= 11 is 0. The Labute approximate surface area is 852 Å². The number of terminal acetylenes is 5. The molecule has 0 atom stereocenters. The second kappa shape index (κ2) is 34.4. The van der Waals surface area contributed by atoms with E-state index in [2.05, 4.69) is 312 Å². The Morgan fingerprint density at radius 3 is 0.547 bits per heavy atom. The predicted octanol–water partition coefficient (Wildman–Crippen LogP) is 28.8. The van der Waals surface area contributed by atoms with Gasteiger partial charge in [0.25, 0.3) is 0 Å². The zero-order valence-corrected chi connectivity index (χ0v) is 79.8. The minimum atomic E-state index is -0.311. The molecule has 0 aliphatic heterocycles. The summed E-state index contributed by atoms with van der Waals surface area (Å²) in [4.78, 5) is 80.7. The van der Waals surface area contributed by atoms with Crippen LogP contribution in [0.1, 0.15) is 100 Å². The minimum absolute atomic E-state index is 0. The number of aldehydes is 1. The van der Waals surface area contributed by atoms with Crippen molar-refractivity contribution in [2.45, 2.75) is 60.2 Å². The van der Waals surface area contributed by atoms with Crippen molar-refractivity contribution in [3.8, 4) is 197 Å². The molecule has 0 spiro atoms. The van der Waals surface area contributed by atoms with E-state index < -0.39 is 0 Å². The van der Waals surface area contributed by atoms with Crippen molar-refractivity contribution in [1.82, 2.24) is 79.7 Å². The summed E-state index contributed by atoms with van der Waals surface area (Å²) in [5.74, 6) is 19.8. The number of imidazole rings is 8. The van der Waals surface area contributed by atoms with Crippen LogP contribution in [0, 0.1) is 61.7 Å². The number of benzene rings is 17. The average molecular weight is 1900 g/mol. The van der Waals surface area contributed by atoms with E-state index in [0.717, 1.165) is 297 Å². The highest BCUT2D eigenvalue weighted by atomic mass is 16.1. The predicted molar refractivity (Wildman–Crippen MR) is 596 cm³/mol. The average Bonchev–Trinajstić information content (AvgIpc) is 1.23. The van der Waals surface area contributed by atoms with Crippen LogP contribution in [0.15, 0.2) is 364 Å². The molecule has 8 aromatic heterocycles. The molecule has 17 nitrogen and oxygen atoms in total. The Morgan fingerprint density at radius 1 is 0.189 bits per heavy atom. The summed E-state index contributed by atoms with van der Waals surface area (Å²) in [7, 11) is 0. The molecule has 4 aliphatic carbocycles. The molecule has 4 bridgehead atoms. The first-order valence-electron chi connectivity index (χ1n) is 49.3. The van der Waals surface area contributed by atoms with E-state index in [0.29, 0.717) is 5.56 Å². The third-order valence-corrected chi connectivity index (χ3v) is 30.9. The third-order valence-electron chi connectivity index (χ3n) is 30.9. The first-order chi connectivity index (χ1) is 72.6. The van der Waals surface area contributed by atoms with Crippen molar-refractivity contribution in [2.75, 3.05) is 0 Å². The van der Waals surface area contributed by atoms with Crippen LogP contribution in [0.4, 0.5) is 0 Å². The maximum Gasteiger partial charge on any atom is 0.150 e. The van der Waals surface area contributed by atoms with E-state index in [-0.39, 0.29) is 23.1 Å². The summed E-state index contributed by atoms with van der Waals surface area (Å²) in [6, 6.07) is 128. The summed E-state index contributed by atoms with van der Waals surface area (Å²) in [5, 5.41) is 0. The minimum Gasteiger partial charge on any atom is -0.338 e. The largest absolute Gasteiger partial charge is 0.338 e. The van der Waals surface area contributed by atoms with E-state index in [1.807, 2.05) is 97.1 Å². The van der Waals surface area contributed by atoms with E-state index in [4.69, 9.17) is 72.0 Å². The molecule has 4 aliphatic rings. The fourth-order valence-electron chi connectivity index (χ4n) is 23.9. The van der Waals surface area contributed by atoms with Gasteiger partial charge in [0.05, 0.1) is 88.3 Å². The van der Waals surface area contributed by atoms with Crippen LogP contribution in [-0.4, -0.2) is 86.0 Å². The lowest BCUT2D eigenvalue weighted by atomic mass is 9.32. The van der Waals surface area contributed by atoms with Crippen LogP contribution < -0.4 is 0 Å². The van der Waals surface area contributed by atoms with Crippen LogP contribution in [0.3, 0.4) is 0 Å². The molecule has 0 radical (unpaired) electrons. The highest BCUT2D eigenvalue weighted by Gasteiger charge is 2.69. The number of carbonyl (C=O) groups is 1. The van der Waals surface area contributed by atoms with Gasteiger partial charge in [-0.15, -0.1) is 32.1 Å². The summed E-state index contributed by atoms with van der Waals surface area (Å²) in [5.41, 5.74) is 40.1. The fraction of sp³-hybridized carbons (Fsp3) is 0.0763. The second-order valence-electron chi connectivity index (χ2n) is 39.8. The van der Waals surface area contributed by atoms with E-state index in [9.17, 15) is 4.79 Å². The Kier molecular flexibility index (Phi) is 20.2. The van der Waals surface area contributed by atoms with Gasteiger partial charge in [0.1, 0.15) is 52.9 Å². The quantitative estimate of drug-likeness (QED) is 0.0319. The van der Waals surface area contributed by atoms with Crippen molar-refractivity contribution >= 4 is 94.6 Å². The van der Waals surface area contributed by atoms with Crippen LogP contribution in [0.2, 0.25) is 0 Å². The number of hydrogen-bond donors (Lipinski definition) is 8. The molecular formula is C131H88N16O. The van der Waals surface area contributed by atoms with Gasteiger partial charge in [0, 0.05) is 79.3 Å². The SMILES string of the molecule is C#Cc1ccc(-c2nc3cc(-c4ccc5nc(-c6ccc(C78CC9(c%10ccc(-c%11nc%12ccc(-c%13ccc%14[nH]c(-c%15ccc(C#C)cc%15)nc%14c%13)cc%12[nH]%11)cc%10)CC(c%10ccc(-c%11nc%12ccc(-c%13ccc%14[nH]c(-c%15ccc(C#C)cc%15)nc%14c%13)cc%12[nH]%11)cc%10)(C7)CC(c7ccc(-c%10nc%11ccc(-c%12ccc%13[nH]c(-c%14ccc(C#C)cc%14)nc%13c%12)cc%11[nH]%10)cc7)(C8)C9)cc6)[nH]c5c4)ccc3[nH]2)cc1.C#Cc1ccc(C=O)cc1.[2HH]. The van der Waals surface area contributed by atoms with E-state index in [1.54, 1.807) is 24.3 Å². The van der Waals surface area contributed by atoms with Gasteiger partial charge in [-0.3, -0.25) is 4.79 Å². The monoisotopic (exact) mass is 1900 g/mol. The molecule has 17 heteroatoms. The maximum absolute atomic E-state index is 10.2. The number of aromatic nitrogens is 16. The van der Waals surface area contributed by atoms with Crippen LogP contribution in [0.25, 0.3) is 224 Å². The fourth-order valence-corrected chi connectivity index (χ4v) is 23.9. The highest BCUT2D eigenvalue weighted by Crippen LogP contribution is 2.75. The highest BCUT2D eigenvalue weighted by molar-refractivity contribution is 5.95. The Balaban J connectivity index is 0.000000965. The number of fused-ring (bicyclic) bond motifs is 8. The molecule has 0 amide bonds. The molecule has 4 saturated carbocycles. The van der Waals surface area contributed by atoms with Gasteiger partial charge in [0.2, 0.25) is 0 Å². The number of nitrogens with zero attached hydrogens (tertiary/aromatic N) is 8. The molecule has 4 fully saturated rings. The molecule has 0 unspecified atom stereocenters. The molecule has 8 heterocycles. The Morgan fingerprint density at radius 2 is 0.351 bits per heavy atom. The van der Waals surface area contributed by atoms with Crippen molar-refractivity contribution in [3.05, 3.63) is 420 Å². The normalized spacial score (nSPS) is 16.6. The molecule has 25 aromatic rings. The first-order valence-corrected chi connectivity index (χ1v) is 49.3. The summed E-state index contributed by atoms with van der Waals surface area (Å²) in [6.45, 7) is 0. The lowest BCUT2D eigenvalue weighted by molar-refractivity contribution is -0.0691. The van der Waals surface area contributed by atoms with Gasteiger partial charge in [-0.1, -0.05) is 236 Å². The van der Waals surface area contributed by atoms with Crippen molar-refractivity contribution < 1.29 is 6.22 Å². The second-order valence-corrected chi connectivity index (χ2v) is 39.8. The third kappa shape index (κ3) is 15.4. The smallest absolute Gasteiger partial charge is 0.150 e. The number of hydrogen-bond acceptors (Lipinski definition) is 9. The van der Waals surface area contributed by atoms with Gasteiger partial charge in [-0.05, 0) is 285 Å². The lowest BCUT2D eigenvalue weighted by Crippen LogP contribution is -2.67. The van der Waals surface area contributed by atoms with E-state index in [1.165, 1.54) is 22.3 Å². The molecule has 17 aromatic carbocycles. The van der Waals surface area contributed by atoms with Crippen molar-refractivity contribution in [3.63, 3.8) is 0 Å². The van der Waals surface area contributed by atoms with Crippen LogP contribution in [0.5, 0.6) is 0 Å². The van der Waals surface area contributed by atoms with E-state index >= 15 is 0 Å². The number of nitrogens with one attached hydrogen (secondary N) is 8. The number of rotatable bonds is 17. The Hall–Kier alpha value is -20.0. The number of carbonyl (C=O) groups excluding carboxylic acids is 1. The maximum atomic E-state index is 10.2. The van der Waals surface area contributed by atoms with Crippen LogP contribution >= 0.6 is 0 Å². The molecule has 698 valence electrons. The van der Waals surface area contributed by atoms with Gasteiger partial charge < -0.3 is 39.9 Å². The molecular weight excluding hydrogens is 1810 g/mol. The summed E-state index contributed by atoms with van der Waals surface area (Å²) < 4.78 is 0. The Bertz CT molecular complexity index is 8810. The van der Waals surface area contributed by atoms with Crippen molar-refractivity contribution in [2.24, 2.45) is 0 Å². The number of aromatic amines is 8. The molecule has 29 rings (SSSR count). The van der Waals surface area contributed by atoms with Gasteiger partial charge in [-0.25, -0.2) is 39.9 Å². The van der Waals surface area contributed by atoms with Crippen LogP contribution in [-0.2, 0) is 21.7 Å². The molecule has 148 heavy (non-hydrogen) atoms. The van der Waals surface area contributed by atoms with Gasteiger partial charge in [-0.2, -0.15) is 0 Å². The molecule has 0 saturated heterocycles. The van der Waals surface area contributed by atoms with Gasteiger partial charge in [0.15, 0.2) is 0 Å². The van der Waals surface area contributed by atoms with Gasteiger partial charge >= 0.3 is 0 Å². The lowest BCUT2D eigenvalue weighted by Gasteiger charge is -2.71. The zero-order chi connectivity index (χ0) is 99.1. The van der Waals surface area contributed by atoms with Crippen molar-refractivity contribution in [1.29, 1.82) is 0 Å².